The summed E-state index contributed by atoms with van der Waals surface area (Å²) < 4.78 is 0. The van der Waals surface area contributed by atoms with Crippen molar-refractivity contribution < 1.29 is 0 Å². The lowest BCUT2D eigenvalue weighted by atomic mass is 10.4. The van der Waals surface area contributed by atoms with Gasteiger partial charge in [0.25, 0.3) is 0 Å². The number of hydrogen-bond acceptors (Lipinski definition) is 4. The topological polar surface area (TPSA) is 54.5 Å². The number of H-pyrrole nitrogens is 1. The molecule has 0 aliphatic heterocycles. The van der Waals surface area contributed by atoms with Crippen LogP contribution >= 0.6 is 11.8 Å². The molecule has 84 valence electrons. The van der Waals surface area contributed by atoms with E-state index in [-0.39, 0.29) is 0 Å². The summed E-state index contributed by atoms with van der Waals surface area (Å²) in [5.74, 6) is 0.814. The average Bonchev–Trinajstić information content (AvgIpc) is 2.80. The van der Waals surface area contributed by atoms with E-state index >= 15 is 0 Å². The second-order valence-corrected chi connectivity index (χ2v) is 4.51. The summed E-state index contributed by atoms with van der Waals surface area (Å²) in [5, 5.41) is 0.902. The first-order valence-electron chi connectivity index (χ1n) is 5.24. The van der Waals surface area contributed by atoms with E-state index in [2.05, 4.69) is 19.9 Å². The lowest BCUT2D eigenvalue weighted by Crippen LogP contribution is -1.85. The molecule has 0 amide bonds. The molecule has 1 N–H and O–H groups in total. The van der Waals surface area contributed by atoms with Crippen molar-refractivity contribution in [3.63, 3.8) is 0 Å². The Balaban J connectivity index is 1.77. The van der Waals surface area contributed by atoms with Crippen LogP contribution in [0.15, 0.2) is 48.0 Å². The highest BCUT2D eigenvalue weighted by Gasteiger charge is 2.03. The van der Waals surface area contributed by atoms with Crippen molar-refractivity contribution in [2.75, 3.05) is 0 Å². The van der Waals surface area contributed by atoms with Gasteiger partial charge in [0.2, 0.25) is 0 Å². The van der Waals surface area contributed by atoms with Gasteiger partial charge in [-0.05, 0) is 18.2 Å². The third-order valence-corrected chi connectivity index (χ3v) is 3.25. The number of thioether (sulfide) groups is 1. The lowest BCUT2D eigenvalue weighted by molar-refractivity contribution is 1.07. The SMILES string of the molecule is c1ccc(CSc2nc3ccncc3[nH]2)nc1. The summed E-state index contributed by atoms with van der Waals surface area (Å²) in [4.78, 5) is 16.0. The minimum atomic E-state index is 0.814. The molecule has 3 heterocycles. The Morgan fingerprint density at radius 3 is 3.00 bits per heavy atom. The first-order valence-corrected chi connectivity index (χ1v) is 6.23. The van der Waals surface area contributed by atoms with Gasteiger partial charge in [0, 0.05) is 18.1 Å². The lowest BCUT2D eigenvalue weighted by Gasteiger charge is -1.96. The van der Waals surface area contributed by atoms with Crippen molar-refractivity contribution in [2.45, 2.75) is 10.9 Å². The third-order valence-electron chi connectivity index (χ3n) is 2.34. The number of rotatable bonds is 3. The maximum Gasteiger partial charge on any atom is 0.166 e. The number of fused-ring (bicyclic) bond motifs is 1. The molecule has 17 heavy (non-hydrogen) atoms. The Labute approximate surface area is 103 Å². The number of aromatic amines is 1. The molecule has 0 fully saturated rings. The number of pyridine rings is 2. The summed E-state index contributed by atoms with van der Waals surface area (Å²) in [6.07, 6.45) is 5.34. The second-order valence-electron chi connectivity index (χ2n) is 3.54. The predicted molar refractivity (Wildman–Crippen MR) is 67.7 cm³/mol. The van der Waals surface area contributed by atoms with E-state index in [1.54, 1.807) is 30.4 Å². The second kappa shape index (κ2) is 4.55. The predicted octanol–water partition coefficient (Wildman–Crippen LogP) is 2.65. The zero-order chi connectivity index (χ0) is 11.5. The van der Waals surface area contributed by atoms with E-state index in [0.717, 1.165) is 27.6 Å². The van der Waals surface area contributed by atoms with Crippen LogP contribution < -0.4 is 0 Å². The Morgan fingerprint density at radius 1 is 1.18 bits per heavy atom. The average molecular weight is 242 g/mol. The van der Waals surface area contributed by atoms with Crippen LogP contribution in [0.5, 0.6) is 0 Å². The molecule has 0 radical (unpaired) electrons. The molecule has 0 aliphatic rings. The van der Waals surface area contributed by atoms with Crippen molar-refractivity contribution in [1.82, 2.24) is 19.9 Å². The Hall–Kier alpha value is -1.88. The molecule has 0 spiro atoms. The summed E-state index contributed by atoms with van der Waals surface area (Å²) in [6.45, 7) is 0. The summed E-state index contributed by atoms with van der Waals surface area (Å²) in [7, 11) is 0. The first kappa shape index (κ1) is 10.3. The number of nitrogens with zero attached hydrogens (tertiary/aromatic N) is 3. The molecule has 4 nitrogen and oxygen atoms in total. The maximum absolute atomic E-state index is 4.47. The molecular formula is C12H10N4S. The highest BCUT2D eigenvalue weighted by molar-refractivity contribution is 7.98. The van der Waals surface area contributed by atoms with E-state index < -0.39 is 0 Å². The maximum atomic E-state index is 4.47. The molecule has 3 rings (SSSR count). The van der Waals surface area contributed by atoms with Crippen LogP contribution in [0.2, 0.25) is 0 Å². The molecule has 0 unspecified atom stereocenters. The molecule has 3 aromatic heterocycles. The van der Waals surface area contributed by atoms with Gasteiger partial charge in [0.15, 0.2) is 5.16 Å². The zero-order valence-corrected chi connectivity index (χ0v) is 9.81. The molecule has 0 saturated carbocycles. The van der Waals surface area contributed by atoms with Gasteiger partial charge in [-0.2, -0.15) is 0 Å². The highest BCUT2D eigenvalue weighted by Crippen LogP contribution is 2.21. The van der Waals surface area contributed by atoms with Gasteiger partial charge in [-0.25, -0.2) is 4.98 Å². The molecule has 0 saturated heterocycles. The molecule has 3 aromatic rings. The quantitative estimate of drug-likeness (QED) is 0.717. The molecular weight excluding hydrogens is 232 g/mol. The fraction of sp³-hybridized carbons (Fsp3) is 0.0833. The summed E-state index contributed by atoms with van der Waals surface area (Å²) >= 11 is 1.64. The Morgan fingerprint density at radius 2 is 2.18 bits per heavy atom. The van der Waals surface area contributed by atoms with Crippen molar-refractivity contribution in [3.05, 3.63) is 48.5 Å². The monoisotopic (exact) mass is 242 g/mol. The molecule has 5 heteroatoms. The number of nitrogens with one attached hydrogen (secondary N) is 1. The number of imidazole rings is 1. The van der Waals surface area contributed by atoms with E-state index in [1.165, 1.54) is 0 Å². The van der Waals surface area contributed by atoms with Gasteiger partial charge in [-0.1, -0.05) is 17.8 Å². The van der Waals surface area contributed by atoms with Crippen LogP contribution in [-0.2, 0) is 5.75 Å². The minimum Gasteiger partial charge on any atom is -0.332 e. The van der Waals surface area contributed by atoms with Crippen LogP contribution in [0.4, 0.5) is 0 Å². The van der Waals surface area contributed by atoms with Crippen LogP contribution in [0.3, 0.4) is 0 Å². The van der Waals surface area contributed by atoms with Gasteiger partial charge in [-0.15, -0.1) is 0 Å². The zero-order valence-electron chi connectivity index (χ0n) is 9.00. The summed E-state index contributed by atoms with van der Waals surface area (Å²) in [5.41, 5.74) is 2.97. The van der Waals surface area contributed by atoms with E-state index in [1.807, 2.05) is 24.3 Å². The normalized spacial score (nSPS) is 10.8. The van der Waals surface area contributed by atoms with Crippen molar-refractivity contribution >= 4 is 22.8 Å². The third kappa shape index (κ3) is 2.29. The molecule has 0 atom stereocenters. The Bertz CT molecular complexity index is 587. The van der Waals surface area contributed by atoms with Crippen molar-refractivity contribution in [3.8, 4) is 0 Å². The van der Waals surface area contributed by atoms with Gasteiger partial charge in [0.1, 0.15) is 0 Å². The van der Waals surface area contributed by atoms with Crippen LogP contribution in [-0.4, -0.2) is 19.9 Å². The molecule has 0 aromatic carbocycles. The molecule has 0 bridgehead atoms. The van der Waals surface area contributed by atoms with E-state index in [9.17, 15) is 0 Å². The van der Waals surface area contributed by atoms with Gasteiger partial charge >= 0.3 is 0 Å². The fourth-order valence-electron chi connectivity index (χ4n) is 1.53. The standard InChI is InChI=1S/C12H10N4S/c1-2-5-14-9(3-1)8-17-12-15-10-4-6-13-7-11(10)16-12/h1-7H,8H2,(H,15,16). The van der Waals surface area contributed by atoms with E-state index in [0.29, 0.717) is 0 Å². The number of hydrogen-bond donors (Lipinski definition) is 1. The van der Waals surface area contributed by atoms with Gasteiger partial charge in [-0.3, -0.25) is 9.97 Å². The smallest absolute Gasteiger partial charge is 0.166 e. The van der Waals surface area contributed by atoms with Crippen molar-refractivity contribution in [2.24, 2.45) is 0 Å². The van der Waals surface area contributed by atoms with Crippen LogP contribution in [0.25, 0.3) is 11.0 Å². The van der Waals surface area contributed by atoms with Crippen LogP contribution in [0, 0.1) is 0 Å². The molecule has 0 aliphatic carbocycles. The van der Waals surface area contributed by atoms with Crippen molar-refractivity contribution in [1.29, 1.82) is 0 Å². The highest BCUT2D eigenvalue weighted by atomic mass is 32.2. The summed E-state index contributed by atoms with van der Waals surface area (Å²) in [6, 6.07) is 7.82. The largest absolute Gasteiger partial charge is 0.332 e. The van der Waals surface area contributed by atoms with Gasteiger partial charge < -0.3 is 4.98 Å². The van der Waals surface area contributed by atoms with E-state index in [4.69, 9.17) is 0 Å². The van der Waals surface area contributed by atoms with Crippen LogP contribution in [0.1, 0.15) is 5.69 Å². The first-order chi connectivity index (χ1) is 8.42. The fourth-order valence-corrected chi connectivity index (χ4v) is 2.33. The Kier molecular flexibility index (Phi) is 2.75. The van der Waals surface area contributed by atoms with Gasteiger partial charge in [0.05, 0.1) is 22.9 Å². The minimum absolute atomic E-state index is 0.814. The number of aromatic nitrogens is 4.